The molecule has 1 fully saturated rings. The maximum Gasteiger partial charge on any atom is 0.194 e. The Kier molecular flexibility index (Phi) is 5.51. The Balaban J connectivity index is 1.69. The molecule has 1 atom stereocenters. The van der Waals surface area contributed by atoms with Gasteiger partial charge in [0, 0.05) is 31.3 Å². The molecule has 1 aliphatic rings. The number of rotatable bonds is 4. The quantitative estimate of drug-likeness (QED) is 0.690. The number of aliphatic imine (C=N–C) groups is 1. The summed E-state index contributed by atoms with van der Waals surface area (Å²) in [4.78, 5) is 7.11. The molecule has 2 heterocycles. The molecule has 5 nitrogen and oxygen atoms in total. The summed E-state index contributed by atoms with van der Waals surface area (Å²) in [7, 11) is 0. The largest absolute Gasteiger partial charge is 0.357 e. The first-order valence-electron chi connectivity index (χ1n) is 8.80. The van der Waals surface area contributed by atoms with Crippen LogP contribution in [0.3, 0.4) is 0 Å². The zero-order valence-electron chi connectivity index (χ0n) is 14.5. The van der Waals surface area contributed by atoms with Crippen LogP contribution in [0, 0.1) is 5.92 Å². The van der Waals surface area contributed by atoms with Crippen molar-refractivity contribution >= 4 is 5.96 Å². The smallest absolute Gasteiger partial charge is 0.194 e. The van der Waals surface area contributed by atoms with Crippen molar-refractivity contribution in [3.63, 3.8) is 0 Å². The van der Waals surface area contributed by atoms with E-state index < -0.39 is 0 Å². The van der Waals surface area contributed by atoms with Gasteiger partial charge in [-0.05, 0) is 25.7 Å². The molecule has 0 saturated carbocycles. The van der Waals surface area contributed by atoms with E-state index in [2.05, 4.69) is 29.2 Å². The van der Waals surface area contributed by atoms with Crippen LogP contribution < -0.4 is 5.32 Å². The minimum absolute atomic E-state index is 0.531. The Bertz CT molecular complexity index is 665. The van der Waals surface area contributed by atoms with Gasteiger partial charge in [0.05, 0.1) is 6.54 Å². The summed E-state index contributed by atoms with van der Waals surface area (Å²) in [5.74, 6) is 2.49. The number of guanidine groups is 1. The fraction of sp³-hybridized carbons (Fsp3) is 0.474. The maximum atomic E-state index is 5.45. The molecule has 1 aromatic carbocycles. The maximum absolute atomic E-state index is 5.45. The van der Waals surface area contributed by atoms with E-state index in [0.29, 0.717) is 6.54 Å². The van der Waals surface area contributed by atoms with Crippen LogP contribution in [0.25, 0.3) is 11.3 Å². The molecule has 0 radical (unpaired) electrons. The molecule has 2 aromatic rings. The van der Waals surface area contributed by atoms with E-state index in [1.807, 2.05) is 36.4 Å². The Hall–Kier alpha value is -2.30. The molecule has 3 rings (SSSR count). The predicted octanol–water partition coefficient (Wildman–Crippen LogP) is 3.54. The van der Waals surface area contributed by atoms with Crippen LogP contribution in [-0.2, 0) is 6.54 Å². The van der Waals surface area contributed by atoms with Gasteiger partial charge in [-0.25, -0.2) is 4.99 Å². The van der Waals surface area contributed by atoms with Crippen molar-refractivity contribution < 1.29 is 4.52 Å². The average Bonchev–Trinajstić information content (AvgIpc) is 3.08. The summed E-state index contributed by atoms with van der Waals surface area (Å²) in [5.41, 5.74) is 1.89. The fourth-order valence-corrected chi connectivity index (χ4v) is 3.09. The SMILES string of the molecule is CCNC(=NCc1cc(-c2ccccc2)on1)N1CCCC(C)C1. The number of hydrogen-bond acceptors (Lipinski definition) is 3. The Morgan fingerprint density at radius 3 is 2.96 bits per heavy atom. The highest BCUT2D eigenvalue weighted by molar-refractivity contribution is 5.80. The van der Waals surface area contributed by atoms with Gasteiger partial charge in [0.1, 0.15) is 5.69 Å². The van der Waals surface area contributed by atoms with Crippen molar-refractivity contribution in [1.29, 1.82) is 0 Å². The molecular weight excluding hydrogens is 300 g/mol. The molecule has 0 bridgehead atoms. The topological polar surface area (TPSA) is 53.7 Å². The third-order valence-corrected chi connectivity index (χ3v) is 4.30. The lowest BCUT2D eigenvalue weighted by Crippen LogP contribution is -2.46. The first-order chi connectivity index (χ1) is 11.8. The van der Waals surface area contributed by atoms with Crippen molar-refractivity contribution in [2.24, 2.45) is 10.9 Å². The van der Waals surface area contributed by atoms with Crippen LogP contribution in [0.5, 0.6) is 0 Å². The molecule has 0 aliphatic carbocycles. The van der Waals surface area contributed by atoms with Crippen LogP contribution >= 0.6 is 0 Å². The van der Waals surface area contributed by atoms with Gasteiger partial charge in [-0.1, -0.05) is 42.4 Å². The van der Waals surface area contributed by atoms with Gasteiger partial charge in [-0.2, -0.15) is 0 Å². The zero-order valence-corrected chi connectivity index (χ0v) is 14.5. The van der Waals surface area contributed by atoms with Gasteiger partial charge in [-0.3, -0.25) is 0 Å². The second kappa shape index (κ2) is 7.99. The standard InChI is InChI=1S/C19H26N4O/c1-3-20-19(23-11-7-8-15(2)14-23)21-13-17-12-18(24-22-17)16-9-5-4-6-10-16/h4-6,9-10,12,15H,3,7-8,11,13-14H2,1-2H3,(H,20,21). The minimum atomic E-state index is 0.531. The Labute approximate surface area is 143 Å². The van der Waals surface area contributed by atoms with E-state index in [1.54, 1.807) is 0 Å². The molecule has 1 unspecified atom stereocenters. The van der Waals surface area contributed by atoms with Crippen LogP contribution in [0.1, 0.15) is 32.4 Å². The number of benzene rings is 1. The Morgan fingerprint density at radius 1 is 1.38 bits per heavy atom. The molecular formula is C19H26N4O. The molecule has 0 spiro atoms. The third-order valence-electron chi connectivity index (χ3n) is 4.30. The average molecular weight is 326 g/mol. The lowest BCUT2D eigenvalue weighted by molar-refractivity contribution is 0.266. The second-order valence-electron chi connectivity index (χ2n) is 6.41. The molecule has 1 aliphatic heterocycles. The van der Waals surface area contributed by atoms with Crippen molar-refractivity contribution in [2.75, 3.05) is 19.6 Å². The van der Waals surface area contributed by atoms with Crippen LogP contribution in [0.15, 0.2) is 45.9 Å². The van der Waals surface area contributed by atoms with Crippen molar-refractivity contribution in [3.05, 3.63) is 42.1 Å². The van der Waals surface area contributed by atoms with E-state index >= 15 is 0 Å². The van der Waals surface area contributed by atoms with Gasteiger partial charge in [0.15, 0.2) is 11.7 Å². The van der Waals surface area contributed by atoms with Crippen molar-refractivity contribution in [2.45, 2.75) is 33.2 Å². The van der Waals surface area contributed by atoms with Gasteiger partial charge in [0.25, 0.3) is 0 Å². The highest BCUT2D eigenvalue weighted by Gasteiger charge is 2.19. The summed E-state index contributed by atoms with van der Waals surface area (Å²) in [5, 5.41) is 7.56. The van der Waals surface area contributed by atoms with E-state index in [-0.39, 0.29) is 0 Å². The minimum Gasteiger partial charge on any atom is -0.357 e. The molecule has 0 amide bonds. The number of nitrogens with one attached hydrogen (secondary N) is 1. The third kappa shape index (κ3) is 4.16. The van der Waals surface area contributed by atoms with E-state index in [0.717, 1.165) is 48.5 Å². The lowest BCUT2D eigenvalue weighted by atomic mass is 10.0. The molecule has 5 heteroatoms. The molecule has 1 aromatic heterocycles. The predicted molar refractivity (Wildman–Crippen MR) is 96.7 cm³/mol. The van der Waals surface area contributed by atoms with Crippen LogP contribution in [0.4, 0.5) is 0 Å². The van der Waals surface area contributed by atoms with Crippen molar-refractivity contribution in [3.8, 4) is 11.3 Å². The summed E-state index contributed by atoms with van der Waals surface area (Å²) in [6.45, 7) is 7.96. The zero-order chi connectivity index (χ0) is 16.8. The van der Waals surface area contributed by atoms with Gasteiger partial charge in [-0.15, -0.1) is 0 Å². The summed E-state index contributed by atoms with van der Waals surface area (Å²) in [6, 6.07) is 12.0. The molecule has 1 N–H and O–H groups in total. The number of aromatic nitrogens is 1. The van der Waals surface area contributed by atoms with E-state index in [9.17, 15) is 0 Å². The van der Waals surface area contributed by atoms with Gasteiger partial charge < -0.3 is 14.7 Å². The molecule has 24 heavy (non-hydrogen) atoms. The lowest BCUT2D eigenvalue weighted by Gasteiger charge is -2.33. The van der Waals surface area contributed by atoms with Crippen LogP contribution in [-0.4, -0.2) is 35.7 Å². The molecule has 1 saturated heterocycles. The summed E-state index contributed by atoms with van der Waals surface area (Å²) in [6.07, 6.45) is 2.54. The highest BCUT2D eigenvalue weighted by atomic mass is 16.5. The number of nitrogens with zero attached hydrogens (tertiary/aromatic N) is 3. The van der Waals surface area contributed by atoms with E-state index in [4.69, 9.17) is 9.52 Å². The monoisotopic (exact) mass is 326 g/mol. The first kappa shape index (κ1) is 16.6. The second-order valence-corrected chi connectivity index (χ2v) is 6.41. The van der Waals surface area contributed by atoms with E-state index in [1.165, 1.54) is 12.8 Å². The number of likely N-dealkylation sites (tertiary alicyclic amines) is 1. The molecule has 128 valence electrons. The van der Waals surface area contributed by atoms with Gasteiger partial charge >= 0.3 is 0 Å². The highest BCUT2D eigenvalue weighted by Crippen LogP contribution is 2.20. The normalized spacial score (nSPS) is 18.7. The number of hydrogen-bond donors (Lipinski definition) is 1. The van der Waals surface area contributed by atoms with Gasteiger partial charge in [0.2, 0.25) is 0 Å². The Morgan fingerprint density at radius 2 is 2.21 bits per heavy atom. The number of piperidine rings is 1. The summed E-state index contributed by atoms with van der Waals surface area (Å²) >= 11 is 0. The van der Waals surface area contributed by atoms with Crippen molar-refractivity contribution in [1.82, 2.24) is 15.4 Å². The fourth-order valence-electron chi connectivity index (χ4n) is 3.09. The van der Waals surface area contributed by atoms with Crippen LogP contribution in [0.2, 0.25) is 0 Å². The summed E-state index contributed by atoms with van der Waals surface area (Å²) < 4.78 is 5.45. The first-order valence-corrected chi connectivity index (χ1v) is 8.80.